The van der Waals surface area contributed by atoms with E-state index in [-0.39, 0.29) is 44.7 Å². The molecule has 0 atom stereocenters. The Labute approximate surface area is 504 Å². The number of nitrogens with zero attached hydrogens (tertiary/aromatic N) is 5. The van der Waals surface area contributed by atoms with Crippen molar-refractivity contribution >= 4 is 65.7 Å². The number of hydrogen-bond donors (Lipinski definition) is 0. The number of furan rings is 1. The Hall–Kier alpha value is -8.90. The van der Waals surface area contributed by atoms with Gasteiger partial charge < -0.3 is 18.3 Å². The summed E-state index contributed by atoms with van der Waals surface area (Å²) in [6, 6.07) is 76.2. The third-order valence-electron chi connectivity index (χ3n) is 16.5. The molecule has 4 heterocycles. The Kier molecular flexibility index (Phi) is 14.0. The van der Waals surface area contributed by atoms with E-state index in [9.17, 15) is 0 Å². The molecule has 84 heavy (non-hydrogen) atoms. The Bertz CT molecular complexity index is 4800. The smallest absolute Gasteiger partial charge is 0.500 e. The minimum absolute atomic E-state index is 0. The SMILES string of the molecule is Cc1nc2c3ccccc3ccc2c2oc3c(-c4nc5ccccc5n4-c4c(C(C)C)cc(-c5ccccc5)cc4C(C)C)[c-]c(Oc4[c-]c(-c5nc6ccccc6n5-c5c(C(C)C)cc(-c6ccccc6)cc5C(C)C)ccc4)cc3c12.[Pt+2]. The van der Waals surface area contributed by atoms with Gasteiger partial charge in [0, 0.05) is 44.7 Å². The predicted octanol–water partition coefficient (Wildman–Crippen LogP) is 20.8. The number of pyridine rings is 1. The molecule has 0 N–H and O–H groups in total. The van der Waals surface area contributed by atoms with Crippen LogP contribution < -0.4 is 4.74 Å². The molecular weight excluding hydrogens is 1210 g/mol. The van der Waals surface area contributed by atoms with Gasteiger partial charge in [-0.25, -0.2) is 0 Å². The third kappa shape index (κ3) is 9.21. The van der Waals surface area contributed by atoms with Gasteiger partial charge in [-0.15, -0.1) is 23.8 Å². The second kappa shape index (κ2) is 21.7. The van der Waals surface area contributed by atoms with Gasteiger partial charge in [0.1, 0.15) is 5.58 Å². The Morgan fingerprint density at radius 1 is 0.429 bits per heavy atom. The molecule has 414 valence electrons. The average molecular weight is 1270 g/mol. The summed E-state index contributed by atoms with van der Waals surface area (Å²) in [5, 5.41) is 4.90. The first-order valence-electron chi connectivity index (χ1n) is 29.1. The maximum atomic E-state index is 7.35. The van der Waals surface area contributed by atoms with E-state index >= 15 is 0 Å². The number of ether oxygens (including phenoxy) is 1. The summed E-state index contributed by atoms with van der Waals surface area (Å²) in [5.41, 5.74) is 20.4. The van der Waals surface area contributed by atoms with Gasteiger partial charge in [-0.1, -0.05) is 194 Å². The zero-order valence-electron chi connectivity index (χ0n) is 48.7. The maximum absolute atomic E-state index is 7.35. The van der Waals surface area contributed by atoms with E-state index < -0.39 is 0 Å². The molecule has 14 aromatic rings. The van der Waals surface area contributed by atoms with Crippen molar-refractivity contribution in [1.82, 2.24) is 24.1 Å². The van der Waals surface area contributed by atoms with Crippen LogP contribution in [0.25, 0.3) is 122 Å². The van der Waals surface area contributed by atoms with Crippen LogP contribution in [0.4, 0.5) is 0 Å². The number of aryl methyl sites for hydroxylation is 1. The molecule has 7 nitrogen and oxygen atoms in total. The van der Waals surface area contributed by atoms with Crippen LogP contribution in [-0.4, -0.2) is 24.1 Å². The van der Waals surface area contributed by atoms with Gasteiger partial charge in [0.25, 0.3) is 0 Å². The van der Waals surface area contributed by atoms with Crippen molar-refractivity contribution in [3.05, 3.63) is 234 Å². The fourth-order valence-corrected chi connectivity index (χ4v) is 12.5. The van der Waals surface area contributed by atoms with Crippen molar-refractivity contribution in [3.8, 4) is 67.9 Å². The summed E-state index contributed by atoms with van der Waals surface area (Å²) in [6.07, 6.45) is 0. The number of imidazole rings is 2. The molecule has 0 saturated carbocycles. The van der Waals surface area contributed by atoms with Crippen LogP contribution in [0.5, 0.6) is 11.5 Å². The summed E-state index contributed by atoms with van der Waals surface area (Å²) in [6.45, 7) is 20.4. The quantitative estimate of drug-likeness (QED) is 0.0900. The first kappa shape index (κ1) is 54.4. The fourth-order valence-electron chi connectivity index (χ4n) is 12.5. The van der Waals surface area contributed by atoms with E-state index in [0.29, 0.717) is 28.5 Å². The molecule has 14 rings (SSSR count). The minimum Gasteiger partial charge on any atom is -0.500 e. The number of para-hydroxylation sites is 4. The van der Waals surface area contributed by atoms with Crippen molar-refractivity contribution in [2.75, 3.05) is 0 Å². The molecule has 0 bridgehead atoms. The number of hydrogen-bond acceptors (Lipinski definition) is 5. The first-order chi connectivity index (χ1) is 40.4. The Morgan fingerprint density at radius 2 is 0.940 bits per heavy atom. The van der Waals surface area contributed by atoms with Gasteiger partial charge in [-0.05, 0) is 140 Å². The van der Waals surface area contributed by atoms with E-state index in [1.165, 1.54) is 44.5 Å². The molecule has 0 aliphatic carbocycles. The van der Waals surface area contributed by atoms with Crippen molar-refractivity contribution < 1.29 is 30.2 Å². The van der Waals surface area contributed by atoms with Gasteiger partial charge in [-0.3, -0.25) is 15.0 Å². The van der Waals surface area contributed by atoms with Crippen LogP contribution in [0.1, 0.15) is 107 Å². The van der Waals surface area contributed by atoms with Gasteiger partial charge in [0.2, 0.25) is 0 Å². The van der Waals surface area contributed by atoms with E-state index in [0.717, 1.165) is 88.6 Å². The molecule has 0 unspecified atom stereocenters. The van der Waals surface area contributed by atoms with Crippen LogP contribution in [0.2, 0.25) is 0 Å². The van der Waals surface area contributed by atoms with Crippen molar-refractivity contribution in [3.63, 3.8) is 0 Å². The summed E-state index contributed by atoms with van der Waals surface area (Å²) in [7, 11) is 0. The van der Waals surface area contributed by atoms with Crippen molar-refractivity contribution in [2.45, 2.75) is 86.0 Å². The summed E-state index contributed by atoms with van der Waals surface area (Å²) in [5.74, 6) is 3.24. The Morgan fingerprint density at radius 3 is 1.51 bits per heavy atom. The van der Waals surface area contributed by atoms with Gasteiger partial charge in [0.05, 0.1) is 44.8 Å². The van der Waals surface area contributed by atoms with Crippen molar-refractivity contribution in [2.24, 2.45) is 0 Å². The largest absolute Gasteiger partial charge is 2.00 e. The second-order valence-corrected chi connectivity index (χ2v) is 23.3. The molecule has 0 radical (unpaired) electrons. The van der Waals surface area contributed by atoms with Crippen LogP contribution >= 0.6 is 0 Å². The molecule has 10 aromatic carbocycles. The van der Waals surface area contributed by atoms with Gasteiger partial charge >= 0.3 is 21.1 Å². The standard InChI is InChI=1S/C76H63N5O2.Pt/c1-44(2)59-38-53(49-23-12-10-13-24-49)39-60(45(3)4)71(59)80-67-33-20-18-31-65(67)78-75(80)52-28-22-29-55(37-52)82-56-42-63-69-48(9)77-70-57-30-17-16-27-51(57)35-36-58(70)74(69)83-73(63)64(43-56)76-79-66-32-19-21-34-68(66)81(76)72-61(46(5)6)40-54(41-62(72)47(7)8)50-25-14-11-15-26-50;/h10-36,38-42,44-47H,1-9H3;/q-2;+2. The minimum atomic E-state index is 0. The van der Waals surface area contributed by atoms with Crippen molar-refractivity contribution in [1.29, 1.82) is 0 Å². The molecule has 0 saturated heterocycles. The van der Waals surface area contributed by atoms with Gasteiger partial charge in [-0.2, -0.15) is 0 Å². The van der Waals surface area contributed by atoms with Gasteiger partial charge in [0.15, 0.2) is 0 Å². The zero-order valence-corrected chi connectivity index (χ0v) is 50.9. The zero-order chi connectivity index (χ0) is 56.8. The van der Waals surface area contributed by atoms with Crippen LogP contribution in [0.15, 0.2) is 199 Å². The fraction of sp³-hybridized carbons (Fsp3) is 0.171. The molecule has 4 aromatic heterocycles. The monoisotopic (exact) mass is 1270 g/mol. The van der Waals surface area contributed by atoms with E-state index in [2.05, 4.69) is 266 Å². The average Bonchev–Trinajstić information content (AvgIpc) is 2.16. The third-order valence-corrected chi connectivity index (χ3v) is 16.5. The van der Waals surface area contributed by atoms with Crippen LogP contribution in [0, 0.1) is 19.1 Å². The number of fused-ring (bicyclic) bond motifs is 9. The second-order valence-electron chi connectivity index (χ2n) is 23.3. The first-order valence-corrected chi connectivity index (χ1v) is 29.1. The summed E-state index contributed by atoms with van der Waals surface area (Å²) in [4.78, 5) is 16.4. The number of benzene rings is 10. The number of rotatable bonds is 12. The molecule has 8 heteroatoms. The van der Waals surface area contributed by atoms with Crippen LogP contribution in [0.3, 0.4) is 0 Å². The Balaban J connectivity index is 0.00000658. The van der Waals surface area contributed by atoms with Crippen LogP contribution in [-0.2, 0) is 21.1 Å². The molecule has 0 spiro atoms. The van der Waals surface area contributed by atoms with E-state index in [4.69, 9.17) is 24.1 Å². The molecule has 0 aliphatic heterocycles. The number of aromatic nitrogens is 5. The predicted molar refractivity (Wildman–Crippen MR) is 343 cm³/mol. The normalized spacial score (nSPS) is 12.0. The molecule has 0 aliphatic rings. The summed E-state index contributed by atoms with van der Waals surface area (Å²) < 4.78 is 19.2. The molecule has 0 amide bonds. The van der Waals surface area contributed by atoms with E-state index in [1.807, 2.05) is 12.1 Å². The molecule has 0 fully saturated rings. The maximum Gasteiger partial charge on any atom is 2.00 e. The summed E-state index contributed by atoms with van der Waals surface area (Å²) >= 11 is 0. The topological polar surface area (TPSA) is 70.9 Å². The van der Waals surface area contributed by atoms with E-state index in [1.54, 1.807) is 0 Å². The molecular formula is C76H63N5O2Pt.